The van der Waals surface area contributed by atoms with E-state index in [1.165, 1.54) is 7.11 Å². The van der Waals surface area contributed by atoms with Gasteiger partial charge in [-0.05, 0) is 6.42 Å². The number of aliphatic hydroxyl groups excluding tert-OH is 5. The van der Waals surface area contributed by atoms with Crippen LogP contribution in [0, 0.1) is 0 Å². The van der Waals surface area contributed by atoms with E-state index >= 15 is 0 Å². The predicted molar refractivity (Wildman–Crippen MR) is 60.6 cm³/mol. The number of aliphatic hydroxyl groups is 5. The van der Waals surface area contributed by atoms with Crippen LogP contribution in [0.4, 0.5) is 0 Å². The lowest BCUT2D eigenvalue weighted by Crippen LogP contribution is -2.51. The standard InChI is InChI=1S/C10H21NO7/c1-18-4-2-3-11-10(17)9(16)8(15)7(14)6(13)5-12/h6-9,12-16H,2-5H2,1H3,(H,11,17)/t6-,7-,8+,9-/m1/s1. The Morgan fingerprint density at radius 3 is 2.33 bits per heavy atom. The van der Waals surface area contributed by atoms with E-state index in [2.05, 4.69) is 5.32 Å². The molecular formula is C10H21NO7. The number of carbonyl (C=O) groups is 1. The van der Waals surface area contributed by atoms with Crippen molar-refractivity contribution in [3.63, 3.8) is 0 Å². The fraction of sp³-hybridized carbons (Fsp3) is 0.900. The van der Waals surface area contributed by atoms with Crippen LogP contribution in [0.15, 0.2) is 0 Å². The van der Waals surface area contributed by atoms with E-state index in [0.29, 0.717) is 13.0 Å². The molecule has 0 saturated carbocycles. The van der Waals surface area contributed by atoms with Gasteiger partial charge in [-0.15, -0.1) is 0 Å². The van der Waals surface area contributed by atoms with E-state index in [9.17, 15) is 20.1 Å². The van der Waals surface area contributed by atoms with Gasteiger partial charge < -0.3 is 35.6 Å². The number of rotatable bonds is 9. The van der Waals surface area contributed by atoms with Gasteiger partial charge in [-0.2, -0.15) is 0 Å². The van der Waals surface area contributed by atoms with Crippen molar-refractivity contribution in [2.45, 2.75) is 30.8 Å². The summed E-state index contributed by atoms with van der Waals surface area (Å²) in [6, 6.07) is 0. The third kappa shape index (κ3) is 5.71. The van der Waals surface area contributed by atoms with Crippen LogP contribution in [0.2, 0.25) is 0 Å². The van der Waals surface area contributed by atoms with Crippen LogP contribution in [0.5, 0.6) is 0 Å². The molecule has 0 saturated heterocycles. The quantitative estimate of drug-likeness (QED) is 0.239. The number of ether oxygens (including phenoxy) is 1. The Bertz CT molecular complexity index is 238. The Morgan fingerprint density at radius 1 is 1.22 bits per heavy atom. The first kappa shape index (κ1) is 17.2. The van der Waals surface area contributed by atoms with Crippen molar-refractivity contribution >= 4 is 5.91 Å². The highest BCUT2D eigenvalue weighted by atomic mass is 16.5. The molecule has 4 atom stereocenters. The minimum absolute atomic E-state index is 0.245. The van der Waals surface area contributed by atoms with E-state index in [-0.39, 0.29) is 6.54 Å². The van der Waals surface area contributed by atoms with E-state index in [4.69, 9.17) is 14.9 Å². The van der Waals surface area contributed by atoms with Crippen LogP contribution >= 0.6 is 0 Å². The molecule has 1 amide bonds. The maximum atomic E-state index is 11.3. The van der Waals surface area contributed by atoms with Crippen molar-refractivity contribution in [1.29, 1.82) is 0 Å². The van der Waals surface area contributed by atoms with Crippen LogP contribution in [-0.2, 0) is 9.53 Å². The van der Waals surface area contributed by atoms with Gasteiger partial charge in [0.1, 0.15) is 18.3 Å². The molecule has 0 radical (unpaired) electrons. The first-order chi connectivity index (χ1) is 8.45. The summed E-state index contributed by atoms with van der Waals surface area (Å²) in [5, 5.41) is 48.0. The molecular weight excluding hydrogens is 246 g/mol. The average Bonchev–Trinajstić information content (AvgIpc) is 2.39. The van der Waals surface area contributed by atoms with Crippen LogP contribution in [-0.4, -0.2) is 82.7 Å². The summed E-state index contributed by atoms with van der Waals surface area (Å²) in [7, 11) is 1.51. The summed E-state index contributed by atoms with van der Waals surface area (Å²) in [4.78, 5) is 11.3. The predicted octanol–water partition coefficient (Wildman–Crippen LogP) is -3.42. The number of hydrogen-bond donors (Lipinski definition) is 6. The first-order valence-corrected chi connectivity index (χ1v) is 5.55. The van der Waals surface area contributed by atoms with Gasteiger partial charge in [0, 0.05) is 20.3 Å². The Hall–Kier alpha value is -0.770. The maximum absolute atomic E-state index is 11.3. The molecule has 0 heterocycles. The van der Waals surface area contributed by atoms with Gasteiger partial charge in [-0.25, -0.2) is 0 Å². The third-order valence-electron chi connectivity index (χ3n) is 2.35. The minimum atomic E-state index is -1.89. The normalized spacial score (nSPS) is 17.9. The number of methoxy groups -OCH3 is 1. The average molecular weight is 267 g/mol. The topological polar surface area (TPSA) is 139 Å². The summed E-state index contributed by atoms with van der Waals surface area (Å²) in [5.74, 6) is -0.872. The second-order valence-corrected chi connectivity index (χ2v) is 3.81. The smallest absolute Gasteiger partial charge is 0.251 e. The maximum Gasteiger partial charge on any atom is 0.251 e. The Balaban J connectivity index is 4.11. The zero-order valence-corrected chi connectivity index (χ0v) is 10.2. The van der Waals surface area contributed by atoms with Gasteiger partial charge in [-0.3, -0.25) is 4.79 Å². The van der Waals surface area contributed by atoms with Crippen molar-refractivity contribution < 1.29 is 35.1 Å². The SMILES string of the molecule is COCCCNC(=O)[C@H](O)[C@@H](O)[C@H](O)[C@H](O)CO. The molecule has 8 nitrogen and oxygen atoms in total. The largest absolute Gasteiger partial charge is 0.394 e. The second kappa shape index (κ2) is 9.20. The molecule has 0 aromatic heterocycles. The summed E-state index contributed by atoms with van der Waals surface area (Å²) in [6.07, 6.45) is -6.67. The van der Waals surface area contributed by atoms with Crippen molar-refractivity contribution in [2.75, 3.05) is 26.9 Å². The monoisotopic (exact) mass is 267 g/mol. The Labute approximate surface area is 105 Å². The van der Waals surface area contributed by atoms with Crippen molar-refractivity contribution in [2.24, 2.45) is 0 Å². The van der Waals surface area contributed by atoms with Crippen molar-refractivity contribution in [3.8, 4) is 0 Å². The van der Waals surface area contributed by atoms with E-state index < -0.39 is 36.9 Å². The van der Waals surface area contributed by atoms with Crippen LogP contribution in [0.3, 0.4) is 0 Å². The lowest BCUT2D eigenvalue weighted by molar-refractivity contribution is -0.148. The molecule has 0 aliphatic carbocycles. The molecule has 0 aromatic rings. The molecule has 8 heteroatoms. The van der Waals surface area contributed by atoms with Gasteiger partial charge in [0.15, 0.2) is 6.10 Å². The number of amides is 1. The summed E-state index contributed by atoms with van der Waals surface area (Å²) >= 11 is 0. The summed E-state index contributed by atoms with van der Waals surface area (Å²) in [6.45, 7) is -0.111. The van der Waals surface area contributed by atoms with Crippen LogP contribution in [0.1, 0.15) is 6.42 Å². The van der Waals surface area contributed by atoms with Gasteiger partial charge in [0.2, 0.25) is 0 Å². The highest BCUT2D eigenvalue weighted by Gasteiger charge is 2.33. The molecule has 18 heavy (non-hydrogen) atoms. The number of hydrogen-bond acceptors (Lipinski definition) is 7. The van der Waals surface area contributed by atoms with E-state index in [1.807, 2.05) is 0 Å². The lowest BCUT2D eigenvalue weighted by atomic mass is 10.0. The zero-order valence-electron chi connectivity index (χ0n) is 10.2. The molecule has 0 spiro atoms. The Kier molecular flexibility index (Phi) is 8.81. The van der Waals surface area contributed by atoms with Gasteiger partial charge in [0.05, 0.1) is 6.61 Å². The summed E-state index contributed by atoms with van der Waals surface area (Å²) in [5.41, 5.74) is 0. The highest BCUT2D eigenvalue weighted by Crippen LogP contribution is 2.05. The fourth-order valence-corrected chi connectivity index (χ4v) is 1.21. The molecule has 0 aliphatic rings. The van der Waals surface area contributed by atoms with Gasteiger partial charge in [0.25, 0.3) is 5.91 Å². The Morgan fingerprint density at radius 2 is 1.83 bits per heavy atom. The second-order valence-electron chi connectivity index (χ2n) is 3.81. The molecule has 0 aliphatic heterocycles. The van der Waals surface area contributed by atoms with E-state index in [0.717, 1.165) is 0 Å². The van der Waals surface area contributed by atoms with Gasteiger partial charge >= 0.3 is 0 Å². The first-order valence-electron chi connectivity index (χ1n) is 5.55. The number of nitrogens with one attached hydrogen (secondary N) is 1. The molecule has 0 bridgehead atoms. The molecule has 108 valence electrons. The van der Waals surface area contributed by atoms with Crippen LogP contribution < -0.4 is 5.32 Å². The minimum Gasteiger partial charge on any atom is -0.394 e. The van der Waals surface area contributed by atoms with E-state index in [1.54, 1.807) is 0 Å². The number of carbonyl (C=O) groups excluding carboxylic acids is 1. The molecule has 0 unspecified atom stereocenters. The van der Waals surface area contributed by atoms with Crippen molar-refractivity contribution in [3.05, 3.63) is 0 Å². The molecule has 6 N–H and O–H groups in total. The van der Waals surface area contributed by atoms with Crippen molar-refractivity contribution in [1.82, 2.24) is 5.32 Å². The molecule has 0 fully saturated rings. The zero-order chi connectivity index (χ0) is 14.1. The molecule has 0 aromatic carbocycles. The highest BCUT2D eigenvalue weighted by molar-refractivity contribution is 5.81. The summed E-state index contributed by atoms with van der Waals surface area (Å²) < 4.78 is 4.75. The van der Waals surface area contributed by atoms with Crippen LogP contribution in [0.25, 0.3) is 0 Å². The lowest BCUT2D eigenvalue weighted by Gasteiger charge is -2.24. The molecule has 0 rings (SSSR count). The van der Waals surface area contributed by atoms with Gasteiger partial charge in [-0.1, -0.05) is 0 Å². The third-order valence-corrected chi connectivity index (χ3v) is 2.35. The fourth-order valence-electron chi connectivity index (χ4n) is 1.21.